The van der Waals surface area contributed by atoms with E-state index in [0.717, 1.165) is 0 Å². The van der Waals surface area contributed by atoms with Gasteiger partial charge in [-0.1, -0.05) is 6.58 Å². The predicted molar refractivity (Wildman–Crippen MR) is 61.6 cm³/mol. The molecule has 1 rings (SSSR count). The second-order valence-electron chi connectivity index (χ2n) is 3.46. The molecule has 0 aromatic heterocycles. The first-order chi connectivity index (χ1) is 6.77. The average Bonchev–Trinajstić information content (AvgIpc) is 2.19. The van der Waals surface area contributed by atoms with Crippen LogP contribution in [0.25, 0.3) is 0 Å². The summed E-state index contributed by atoms with van der Waals surface area (Å²) in [5, 5.41) is 0.549. The van der Waals surface area contributed by atoms with Crippen LogP contribution in [0.1, 0.15) is 26.2 Å². The SMILES string of the molecule is C=CC1CCCC[S+]1CC(=O)OCC. The third-order valence-corrected chi connectivity index (χ3v) is 5.15. The molecule has 14 heavy (non-hydrogen) atoms. The summed E-state index contributed by atoms with van der Waals surface area (Å²) in [5.74, 6) is 1.74. The molecule has 80 valence electrons. The largest absolute Gasteiger partial charge is 0.463 e. The third kappa shape index (κ3) is 3.37. The van der Waals surface area contributed by atoms with Crippen LogP contribution < -0.4 is 0 Å². The summed E-state index contributed by atoms with van der Waals surface area (Å²) in [7, 11) is 0.193. The van der Waals surface area contributed by atoms with E-state index in [0.29, 0.717) is 17.6 Å². The summed E-state index contributed by atoms with van der Waals surface area (Å²) >= 11 is 0. The lowest BCUT2D eigenvalue weighted by atomic mass is 10.2. The lowest BCUT2D eigenvalue weighted by molar-refractivity contribution is -0.139. The Balaban J connectivity index is 2.39. The van der Waals surface area contributed by atoms with Crippen molar-refractivity contribution in [3.05, 3.63) is 12.7 Å². The fraction of sp³-hybridized carbons (Fsp3) is 0.727. The van der Waals surface area contributed by atoms with E-state index in [-0.39, 0.29) is 16.9 Å². The quantitative estimate of drug-likeness (QED) is 0.407. The van der Waals surface area contributed by atoms with E-state index in [1.807, 2.05) is 13.0 Å². The lowest BCUT2D eigenvalue weighted by Crippen LogP contribution is -2.33. The Morgan fingerprint density at radius 2 is 2.43 bits per heavy atom. The minimum atomic E-state index is -0.0374. The number of esters is 1. The molecule has 1 fully saturated rings. The summed E-state index contributed by atoms with van der Waals surface area (Å²) in [6, 6.07) is 0. The highest BCUT2D eigenvalue weighted by Crippen LogP contribution is 2.22. The van der Waals surface area contributed by atoms with Crippen molar-refractivity contribution in [3.63, 3.8) is 0 Å². The summed E-state index contributed by atoms with van der Waals surface area (Å²) in [6.45, 7) is 6.19. The molecular formula is C11H19O2S+. The molecule has 0 bridgehead atoms. The van der Waals surface area contributed by atoms with Crippen LogP contribution in [0.5, 0.6) is 0 Å². The maximum absolute atomic E-state index is 11.3. The van der Waals surface area contributed by atoms with Crippen molar-refractivity contribution in [1.29, 1.82) is 0 Å². The Morgan fingerprint density at radius 1 is 1.64 bits per heavy atom. The molecule has 0 aromatic rings. The second kappa shape index (κ2) is 6.12. The highest BCUT2D eigenvalue weighted by molar-refractivity contribution is 7.98. The molecule has 0 spiro atoms. The van der Waals surface area contributed by atoms with Gasteiger partial charge in [0.25, 0.3) is 0 Å². The first-order valence-electron chi connectivity index (χ1n) is 5.22. The molecule has 1 saturated heterocycles. The molecule has 0 radical (unpaired) electrons. The van der Waals surface area contributed by atoms with E-state index in [1.54, 1.807) is 0 Å². The molecule has 2 nitrogen and oxygen atoms in total. The van der Waals surface area contributed by atoms with Gasteiger partial charge in [0.05, 0.1) is 6.61 Å². The summed E-state index contributed by atoms with van der Waals surface area (Å²) < 4.78 is 4.97. The predicted octanol–water partition coefficient (Wildman–Crippen LogP) is 1.91. The van der Waals surface area contributed by atoms with Gasteiger partial charge >= 0.3 is 5.97 Å². The van der Waals surface area contributed by atoms with Crippen LogP contribution >= 0.6 is 0 Å². The van der Waals surface area contributed by atoms with Crippen LogP contribution in [0.4, 0.5) is 0 Å². The van der Waals surface area contributed by atoms with Crippen molar-refractivity contribution in [1.82, 2.24) is 0 Å². The summed E-state index contributed by atoms with van der Waals surface area (Å²) in [5.41, 5.74) is 0. The third-order valence-electron chi connectivity index (χ3n) is 2.44. The molecule has 3 heteroatoms. The van der Waals surface area contributed by atoms with Crippen LogP contribution in [0.3, 0.4) is 0 Å². The van der Waals surface area contributed by atoms with Gasteiger partial charge in [-0.15, -0.1) is 0 Å². The highest BCUT2D eigenvalue weighted by Gasteiger charge is 2.33. The lowest BCUT2D eigenvalue weighted by Gasteiger charge is -2.20. The molecule has 2 atom stereocenters. The van der Waals surface area contributed by atoms with E-state index in [4.69, 9.17) is 4.74 Å². The molecule has 0 aromatic carbocycles. The Hall–Kier alpha value is -0.440. The zero-order valence-corrected chi connectivity index (χ0v) is 9.65. The number of carbonyl (C=O) groups excluding carboxylic acids is 1. The van der Waals surface area contributed by atoms with Gasteiger partial charge < -0.3 is 4.74 Å². The van der Waals surface area contributed by atoms with E-state index < -0.39 is 0 Å². The van der Waals surface area contributed by atoms with Crippen molar-refractivity contribution >= 4 is 16.9 Å². The van der Waals surface area contributed by atoms with Crippen LogP contribution in [-0.4, -0.2) is 29.3 Å². The summed E-state index contributed by atoms with van der Waals surface area (Å²) in [4.78, 5) is 11.3. The average molecular weight is 215 g/mol. The molecule has 1 aliphatic heterocycles. The van der Waals surface area contributed by atoms with Crippen LogP contribution in [-0.2, 0) is 20.4 Å². The fourth-order valence-corrected chi connectivity index (χ4v) is 4.13. The Kier molecular flexibility index (Phi) is 5.09. The van der Waals surface area contributed by atoms with Gasteiger partial charge in [-0.25, -0.2) is 4.79 Å². The van der Waals surface area contributed by atoms with Gasteiger partial charge in [0, 0.05) is 10.9 Å². The minimum absolute atomic E-state index is 0.0374. The Labute approximate surface area is 89.1 Å². The molecule has 1 heterocycles. The van der Waals surface area contributed by atoms with Gasteiger partial charge in [0.2, 0.25) is 5.75 Å². The zero-order valence-electron chi connectivity index (χ0n) is 8.83. The minimum Gasteiger partial charge on any atom is -0.463 e. The highest BCUT2D eigenvalue weighted by atomic mass is 32.2. The van der Waals surface area contributed by atoms with Gasteiger partial charge in [-0.05, 0) is 32.3 Å². The van der Waals surface area contributed by atoms with Crippen molar-refractivity contribution < 1.29 is 9.53 Å². The van der Waals surface area contributed by atoms with Crippen LogP contribution in [0.2, 0.25) is 0 Å². The Bertz CT molecular complexity index is 203. The number of rotatable bonds is 4. The molecule has 0 saturated carbocycles. The smallest absolute Gasteiger partial charge is 0.356 e. The first kappa shape index (κ1) is 11.6. The van der Waals surface area contributed by atoms with E-state index in [9.17, 15) is 4.79 Å². The van der Waals surface area contributed by atoms with E-state index >= 15 is 0 Å². The van der Waals surface area contributed by atoms with E-state index in [2.05, 4.69) is 6.58 Å². The Morgan fingerprint density at radius 3 is 3.07 bits per heavy atom. The van der Waals surface area contributed by atoms with Crippen LogP contribution in [0.15, 0.2) is 12.7 Å². The molecular weight excluding hydrogens is 196 g/mol. The van der Waals surface area contributed by atoms with Crippen molar-refractivity contribution in [3.8, 4) is 0 Å². The maximum Gasteiger partial charge on any atom is 0.356 e. The second-order valence-corrected chi connectivity index (χ2v) is 5.84. The number of ether oxygens (including phenoxy) is 1. The van der Waals surface area contributed by atoms with Gasteiger partial charge in [-0.3, -0.25) is 0 Å². The molecule has 0 aliphatic carbocycles. The van der Waals surface area contributed by atoms with Crippen molar-refractivity contribution in [2.75, 3.05) is 18.1 Å². The monoisotopic (exact) mass is 215 g/mol. The molecule has 2 unspecified atom stereocenters. The topological polar surface area (TPSA) is 26.3 Å². The van der Waals surface area contributed by atoms with Crippen LogP contribution in [0, 0.1) is 0 Å². The molecule has 1 aliphatic rings. The summed E-state index contributed by atoms with van der Waals surface area (Å²) in [6.07, 6.45) is 5.75. The van der Waals surface area contributed by atoms with Gasteiger partial charge in [0.15, 0.2) is 0 Å². The normalized spacial score (nSPS) is 26.9. The van der Waals surface area contributed by atoms with Gasteiger partial charge in [0.1, 0.15) is 11.0 Å². The standard InChI is InChI=1S/C11H19O2S/c1-3-10-7-5-6-8-14(10)9-11(12)13-4-2/h3,10H,1,4-9H2,2H3/q+1. The molecule has 0 N–H and O–H groups in total. The van der Waals surface area contributed by atoms with Crippen molar-refractivity contribution in [2.45, 2.75) is 31.4 Å². The zero-order chi connectivity index (χ0) is 10.4. The number of hydrogen-bond donors (Lipinski definition) is 0. The fourth-order valence-electron chi connectivity index (χ4n) is 1.74. The van der Waals surface area contributed by atoms with Crippen molar-refractivity contribution in [2.24, 2.45) is 0 Å². The van der Waals surface area contributed by atoms with Gasteiger partial charge in [-0.2, -0.15) is 0 Å². The number of carbonyl (C=O) groups is 1. The number of hydrogen-bond acceptors (Lipinski definition) is 2. The molecule has 0 amide bonds. The van der Waals surface area contributed by atoms with E-state index in [1.165, 1.54) is 25.0 Å². The first-order valence-corrected chi connectivity index (χ1v) is 6.85. The maximum atomic E-state index is 11.3.